The van der Waals surface area contributed by atoms with E-state index in [1.165, 1.54) is 12.1 Å². The van der Waals surface area contributed by atoms with Crippen LogP contribution in [0.1, 0.15) is 10.4 Å². The molecule has 1 N–H and O–H groups in total. The van der Waals surface area contributed by atoms with E-state index < -0.39 is 18.4 Å². The molecule has 0 aliphatic rings. The number of benzene rings is 1. The van der Waals surface area contributed by atoms with Gasteiger partial charge in [0.25, 0.3) is 5.91 Å². The van der Waals surface area contributed by atoms with Crippen LogP contribution in [0.25, 0.3) is 0 Å². The minimum atomic E-state index is -1.13. The van der Waals surface area contributed by atoms with Crippen LogP contribution < -0.4 is 4.90 Å². The Morgan fingerprint density at radius 1 is 1.10 bits per heavy atom. The van der Waals surface area contributed by atoms with Gasteiger partial charge in [0.1, 0.15) is 16.9 Å². The second-order valence-corrected chi connectivity index (χ2v) is 4.84. The molecule has 1 aromatic carbocycles. The van der Waals surface area contributed by atoms with Crippen LogP contribution in [0, 0.1) is 0 Å². The van der Waals surface area contributed by atoms with Crippen LogP contribution in [0.5, 0.6) is 0 Å². The van der Waals surface area contributed by atoms with E-state index in [2.05, 4.69) is 4.98 Å². The summed E-state index contributed by atoms with van der Waals surface area (Å²) in [5, 5.41) is 9.07. The predicted molar refractivity (Wildman–Crippen MR) is 80.0 cm³/mol. The maximum atomic E-state index is 12.5. The highest BCUT2D eigenvalue weighted by Crippen LogP contribution is 2.22. The van der Waals surface area contributed by atoms with Crippen molar-refractivity contribution in [1.29, 1.82) is 0 Å². The fourth-order valence-corrected chi connectivity index (χ4v) is 2.17. The van der Waals surface area contributed by atoms with Crippen LogP contribution in [0.4, 0.5) is 5.69 Å². The molecule has 0 saturated heterocycles. The minimum absolute atomic E-state index is 0.0705. The number of carboxylic acid groups (broad SMARTS) is 1. The van der Waals surface area contributed by atoms with Crippen LogP contribution in [-0.4, -0.2) is 28.5 Å². The lowest BCUT2D eigenvalue weighted by atomic mass is 10.2. The molecule has 0 aliphatic carbocycles. The molecule has 7 heteroatoms. The van der Waals surface area contributed by atoms with Crippen molar-refractivity contribution in [3.05, 3.63) is 58.3 Å². The zero-order valence-electron chi connectivity index (χ0n) is 10.7. The van der Waals surface area contributed by atoms with Gasteiger partial charge in [-0.25, -0.2) is 4.98 Å². The van der Waals surface area contributed by atoms with Gasteiger partial charge in [-0.3, -0.25) is 14.5 Å². The molecular formula is C14H10Cl2N2O3. The monoisotopic (exact) mass is 324 g/mol. The number of para-hydroxylation sites is 1. The van der Waals surface area contributed by atoms with Crippen molar-refractivity contribution in [3.8, 4) is 0 Å². The molecule has 1 aromatic heterocycles. The molecule has 0 fully saturated rings. The molecular weight excluding hydrogens is 315 g/mol. The van der Waals surface area contributed by atoms with E-state index in [1.54, 1.807) is 30.3 Å². The van der Waals surface area contributed by atoms with Crippen molar-refractivity contribution in [3.63, 3.8) is 0 Å². The Labute approximate surface area is 130 Å². The summed E-state index contributed by atoms with van der Waals surface area (Å²) in [6.07, 6.45) is 0. The summed E-state index contributed by atoms with van der Waals surface area (Å²) in [5.74, 6) is -1.69. The van der Waals surface area contributed by atoms with Crippen molar-refractivity contribution in [2.75, 3.05) is 11.4 Å². The summed E-state index contributed by atoms with van der Waals surface area (Å²) in [6, 6.07) is 11.3. The molecule has 0 unspecified atom stereocenters. The number of aliphatic carboxylic acids is 1. The second kappa shape index (κ2) is 6.56. The maximum absolute atomic E-state index is 12.5. The van der Waals surface area contributed by atoms with Crippen molar-refractivity contribution in [2.24, 2.45) is 0 Å². The topological polar surface area (TPSA) is 70.5 Å². The molecule has 0 saturated carbocycles. The summed E-state index contributed by atoms with van der Waals surface area (Å²) < 4.78 is 0. The lowest BCUT2D eigenvalue weighted by Crippen LogP contribution is -2.36. The average molecular weight is 325 g/mol. The van der Waals surface area contributed by atoms with E-state index in [1.807, 2.05) is 0 Å². The second-order valence-electron chi connectivity index (χ2n) is 4.09. The Balaban J connectivity index is 2.41. The number of nitrogens with zero attached hydrogens (tertiary/aromatic N) is 2. The quantitative estimate of drug-likeness (QED) is 0.877. The molecule has 0 spiro atoms. The third-order valence-corrected chi connectivity index (χ3v) is 3.15. The number of anilines is 1. The van der Waals surface area contributed by atoms with E-state index in [0.29, 0.717) is 5.69 Å². The van der Waals surface area contributed by atoms with E-state index >= 15 is 0 Å². The Morgan fingerprint density at radius 3 is 2.33 bits per heavy atom. The zero-order valence-corrected chi connectivity index (χ0v) is 12.2. The van der Waals surface area contributed by atoms with Gasteiger partial charge in [-0.2, -0.15) is 0 Å². The first-order chi connectivity index (χ1) is 9.99. The molecule has 0 atom stereocenters. The molecule has 21 heavy (non-hydrogen) atoms. The summed E-state index contributed by atoms with van der Waals surface area (Å²) >= 11 is 11.6. The Morgan fingerprint density at radius 2 is 1.76 bits per heavy atom. The van der Waals surface area contributed by atoms with Crippen LogP contribution in [0.2, 0.25) is 10.3 Å². The smallest absolute Gasteiger partial charge is 0.323 e. The van der Waals surface area contributed by atoms with Crippen LogP contribution in [-0.2, 0) is 4.79 Å². The van der Waals surface area contributed by atoms with Crippen molar-refractivity contribution in [2.45, 2.75) is 0 Å². The Hall–Kier alpha value is -2.11. The number of hydrogen-bond acceptors (Lipinski definition) is 3. The third kappa shape index (κ3) is 3.71. The molecule has 2 aromatic rings. The standard InChI is InChI=1S/C14H10Cl2N2O3/c15-11-7-6-10(13(16)17-11)14(21)18(8-12(19)20)9-4-2-1-3-5-9/h1-7H,8H2,(H,19,20). The molecule has 1 heterocycles. The highest BCUT2D eigenvalue weighted by Gasteiger charge is 2.23. The van der Waals surface area contributed by atoms with Gasteiger partial charge in [0.2, 0.25) is 0 Å². The normalized spacial score (nSPS) is 10.2. The fourth-order valence-electron chi connectivity index (χ4n) is 1.74. The van der Waals surface area contributed by atoms with Crippen LogP contribution in [0.15, 0.2) is 42.5 Å². The maximum Gasteiger partial charge on any atom is 0.323 e. The van der Waals surface area contributed by atoms with Gasteiger partial charge in [-0.05, 0) is 24.3 Å². The van der Waals surface area contributed by atoms with Gasteiger partial charge in [0.05, 0.1) is 5.56 Å². The molecule has 108 valence electrons. The van der Waals surface area contributed by atoms with E-state index in [4.69, 9.17) is 28.3 Å². The molecule has 0 bridgehead atoms. The molecule has 2 rings (SSSR count). The Bertz CT molecular complexity index is 677. The highest BCUT2D eigenvalue weighted by atomic mass is 35.5. The summed E-state index contributed by atoms with van der Waals surface area (Å²) in [5.41, 5.74) is 0.544. The number of halogens is 2. The van der Waals surface area contributed by atoms with Gasteiger partial charge < -0.3 is 5.11 Å². The summed E-state index contributed by atoms with van der Waals surface area (Å²) in [4.78, 5) is 28.4. The first kappa shape index (κ1) is 15.3. The number of carboxylic acids is 1. The SMILES string of the molecule is O=C(O)CN(C(=O)c1ccc(Cl)nc1Cl)c1ccccc1. The Kier molecular flexibility index (Phi) is 4.77. The van der Waals surface area contributed by atoms with Gasteiger partial charge in [-0.15, -0.1) is 0 Å². The predicted octanol–water partition coefficient (Wildman–Crippen LogP) is 3.12. The zero-order chi connectivity index (χ0) is 15.4. The third-order valence-electron chi connectivity index (χ3n) is 2.65. The molecule has 5 nitrogen and oxygen atoms in total. The van der Waals surface area contributed by atoms with Gasteiger partial charge >= 0.3 is 5.97 Å². The number of hydrogen-bond donors (Lipinski definition) is 1. The lowest BCUT2D eigenvalue weighted by molar-refractivity contribution is -0.135. The molecule has 0 radical (unpaired) electrons. The first-order valence-electron chi connectivity index (χ1n) is 5.90. The lowest BCUT2D eigenvalue weighted by Gasteiger charge is -2.21. The number of aromatic nitrogens is 1. The number of rotatable bonds is 4. The van der Waals surface area contributed by atoms with E-state index in [-0.39, 0.29) is 15.9 Å². The number of amides is 1. The van der Waals surface area contributed by atoms with Crippen LogP contribution in [0.3, 0.4) is 0 Å². The number of carbonyl (C=O) groups excluding carboxylic acids is 1. The molecule has 1 amide bonds. The van der Waals surface area contributed by atoms with Crippen molar-refractivity contribution < 1.29 is 14.7 Å². The van der Waals surface area contributed by atoms with Crippen molar-refractivity contribution >= 4 is 40.8 Å². The summed E-state index contributed by atoms with van der Waals surface area (Å²) in [6.45, 7) is -0.484. The fraction of sp³-hybridized carbons (Fsp3) is 0.0714. The van der Waals surface area contributed by atoms with Crippen molar-refractivity contribution in [1.82, 2.24) is 4.98 Å². The van der Waals surface area contributed by atoms with Gasteiger partial charge in [-0.1, -0.05) is 41.4 Å². The highest BCUT2D eigenvalue weighted by molar-refractivity contribution is 6.35. The summed E-state index contributed by atoms with van der Waals surface area (Å²) in [7, 11) is 0. The number of pyridine rings is 1. The van der Waals surface area contributed by atoms with E-state index in [9.17, 15) is 9.59 Å². The molecule has 0 aliphatic heterocycles. The minimum Gasteiger partial charge on any atom is -0.480 e. The van der Waals surface area contributed by atoms with Crippen LogP contribution >= 0.6 is 23.2 Å². The first-order valence-corrected chi connectivity index (χ1v) is 6.65. The largest absolute Gasteiger partial charge is 0.480 e. The van der Waals surface area contributed by atoms with Gasteiger partial charge in [0.15, 0.2) is 0 Å². The van der Waals surface area contributed by atoms with Gasteiger partial charge in [0, 0.05) is 5.69 Å². The van der Waals surface area contributed by atoms with E-state index in [0.717, 1.165) is 4.90 Å². The average Bonchev–Trinajstić information content (AvgIpc) is 2.45. The number of carbonyl (C=O) groups is 2.